The standard InChI is InChI=1S/C11H12F3NO4S/c1-2-9(10(16)17)15-20(18,19)8-5-3-7(4-6-8)11(12,13)14/h3-6,9,15H,2H2,1H3,(H,16,17)/t9-/m0/s1. The monoisotopic (exact) mass is 311 g/mol. The van der Waals surface area contributed by atoms with E-state index in [1.54, 1.807) is 0 Å². The number of aliphatic carboxylic acids is 1. The van der Waals surface area contributed by atoms with Crippen LogP contribution in [0.4, 0.5) is 13.2 Å². The molecule has 0 spiro atoms. The molecule has 9 heteroatoms. The van der Waals surface area contributed by atoms with Gasteiger partial charge in [0.1, 0.15) is 6.04 Å². The molecule has 1 aromatic carbocycles. The molecule has 0 heterocycles. The Labute approximate surface area is 113 Å². The summed E-state index contributed by atoms with van der Waals surface area (Å²) in [5.74, 6) is -1.36. The summed E-state index contributed by atoms with van der Waals surface area (Å²) in [5, 5.41) is 8.76. The Morgan fingerprint density at radius 2 is 1.80 bits per heavy atom. The van der Waals surface area contributed by atoms with Crippen molar-refractivity contribution in [2.45, 2.75) is 30.5 Å². The zero-order valence-electron chi connectivity index (χ0n) is 10.3. The van der Waals surface area contributed by atoms with Crippen LogP contribution in [0.25, 0.3) is 0 Å². The number of sulfonamides is 1. The summed E-state index contributed by atoms with van der Waals surface area (Å²) in [5.41, 5.74) is -0.985. The first-order valence-electron chi connectivity index (χ1n) is 5.50. The smallest absolute Gasteiger partial charge is 0.416 e. The van der Waals surface area contributed by atoms with Crippen molar-refractivity contribution in [2.75, 3.05) is 0 Å². The third-order valence-electron chi connectivity index (χ3n) is 2.50. The average molecular weight is 311 g/mol. The molecule has 5 nitrogen and oxygen atoms in total. The number of nitrogens with one attached hydrogen (secondary N) is 1. The van der Waals surface area contributed by atoms with Crippen LogP contribution in [0.1, 0.15) is 18.9 Å². The van der Waals surface area contributed by atoms with E-state index in [1.807, 2.05) is 4.72 Å². The van der Waals surface area contributed by atoms with Crippen molar-refractivity contribution in [3.63, 3.8) is 0 Å². The number of carboxylic acids is 1. The minimum Gasteiger partial charge on any atom is -0.480 e. The molecule has 0 saturated carbocycles. The third kappa shape index (κ3) is 3.94. The summed E-state index contributed by atoms with van der Waals surface area (Å²) in [6.07, 6.45) is -4.56. The van der Waals surface area contributed by atoms with E-state index in [4.69, 9.17) is 5.11 Å². The van der Waals surface area contributed by atoms with Gasteiger partial charge in [-0.1, -0.05) is 6.92 Å². The van der Waals surface area contributed by atoms with E-state index in [9.17, 15) is 26.4 Å². The molecule has 0 aromatic heterocycles. The highest BCUT2D eigenvalue weighted by Crippen LogP contribution is 2.29. The van der Waals surface area contributed by atoms with Gasteiger partial charge in [0, 0.05) is 0 Å². The lowest BCUT2D eigenvalue weighted by Gasteiger charge is -2.13. The summed E-state index contributed by atoms with van der Waals surface area (Å²) in [7, 11) is -4.18. The lowest BCUT2D eigenvalue weighted by molar-refractivity contribution is -0.139. The number of benzene rings is 1. The number of alkyl halides is 3. The number of carboxylic acid groups (broad SMARTS) is 1. The van der Waals surface area contributed by atoms with Crippen LogP contribution >= 0.6 is 0 Å². The molecule has 0 aliphatic rings. The summed E-state index contributed by atoms with van der Waals surface area (Å²) in [6.45, 7) is 1.47. The molecule has 0 amide bonds. The minimum atomic E-state index is -4.57. The van der Waals surface area contributed by atoms with Crippen LogP contribution in [0.15, 0.2) is 29.2 Å². The van der Waals surface area contributed by atoms with Crippen molar-refractivity contribution in [3.05, 3.63) is 29.8 Å². The minimum absolute atomic E-state index is 0.00913. The quantitative estimate of drug-likeness (QED) is 0.869. The highest BCUT2D eigenvalue weighted by Gasteiger charge is 2.31. The first-order valence-corrected chi connectivity index (χ1v) is 6.98. The molecule has 1 atom stereocenters. The summed E-state index contributed by atoms with van der Waals surface area (Å²) < 4.78 is 62.6. The SMILES string of the molecule is CC[C@H](NS(=O)(=O)c1ccc(C(F)(F)F)cc1)C(=O)O. The van der Waals surface area contributed by atoms with Crippen LogP contribution in [0, 0.1) is 0 Å². The largest absolute Gasteiger partial charge is 0.480 e. The molecule has 0 unspecified atom stereocenters. The molecular formula is C11H12F3NO4S. The molecule has 0 fully saturated rings. The Hall–Kier alpha value is -1.61. The van der Waals surface area contributed by atoms with E-state index in [1.165, 1.54) is 6.92 Å². The van der Waals surface area contributed by atoms with Gasteiger partial charge in [-0.2, -0.15) is 17.9 Å². The predicted molar refractivity (Wildman–Crippen MR) is 63.5 cm³/mol. The topological polar surface area (TPSA) is 83.5 Å². The number of halogens is 3. The first kappa shape index (κ1) is 16.4. The molecule has 0 radical (unpaired) electrons. The van der Waals surface area contributed by atoms with Crippen LogP contribution in [-0.4, -0.2) is 25.5 Å². The molecule has 20 heavy (non-hydrogen) atoms. The number of hydrogen-bond acceptors (Lipinski definition) is 3. The number of hydrogen-bond donors (Lipinski definition) is 2. The maximum Gasteiger partial charge on any atom is 0.416 e. The maximum atomic E-state index is 12.3. The second-order valence-corrected chi connectivity index (χ2v) is 5.66. The summed E-state index contributed by atoms with van der Waals surface area (Å²) in [6, 6.07) is 1.47. The van der Waals surface area contributed by atoms with Crippen LogP contribution in [-0.2, 0) is 21.0 Å². The van der Waals surface area contributed by atoms with Gasteiger partial charge in [-0.3, -0.25) is 4.79 Å². The highest BCUT2D eigenvalue weighted by molar-refractivity contribution is 7.89. The third-order valence-corrected chi connectivity index (χ3v) is 3.98. The molecule has 0 bridgehead atoms. The second kappa shape index (κ2) is 5.80. The van der Waals surface area contributed by atoms with Gasteiger partial charge >= 0.3 is 12.1 Å². The normalized spacial score (nSPS) is 14.0. The van der Waals surface area contributed by atoms with E-state index in [-0.39, 0.29) is 6.42 Å². The Morgan fingerprint density at radius 1 is 1.30 bits per heavy atom. The Balaban J connectivity index is 3.02. The van der Waals surface area contributed by atoms with Crippen molar-refractivity contribution in [1.29, 1.82) is 0 Å². The fourth-order valence-electron chi connectivity index (χ4n) is 1.39. The zero-order chi connectivity index (χ0) is 15.6. The van der Waals surface area contributed by atoms with Gasteiger partial charge in [0.05, 0.1) is 10.5 Å². The molecule has 0 aliphatic heterocycles. The second-order valence-electron chi connectivity index (χ2n) is 3.94. The Morgan fingerprint density at radius 3 is 2.15 bits per heavy atom. The average Bonchev–Trinajstić information content (AvgIpc) is 2.35. The fourth-order valence-corrected chi connectivity index (χ4v) is 2.66. The zero-order valence-corrected chi connectivity index (χ0v) is 11.1. The molecular weight excluding hydrogens is 299 g/mol. The van der Waals surface area contributed by atoms with Gasteiger partial charge in [0.25, 0.3) is 0 Å². The Bertz CT molecular complexity index is 581. The van der Waals surface area contributed by atoms with Crippen LogP contribution in [0.3, 0.4) is 0 Å². The molecule has 1 aromatic rings. The van der Waals surface area contributed by atoms with Gasteiger partial charge in [-0.15, -0.1) is 0 Å². The van der Waals surface area contributed by atoms with Crippen molar-refractivity contribution in [1.82, 2.24) is 4.72 Å². The lowest BCUT2D eigenvalue weighted by atomic mass is 10.2. The lowest BCUT2D eigenvalue weighted by Crippen LogP contribution is -2.40. The van der Waals surface area contributed by atoms with Gasteiger partial charge < -0.3 is 5.11 Å². The van der Waals surface area contributed by atoms with Crippen molar-refractivity contribution >= 4 is 16.0 Å². The van der Waals surface area contributed by atoms with Crippen LogP contribution < -0.4 is 4.72 Å². The number of rotatable bonds is 5. The van der Waals surface area contributed by atoms with Gasteiger partial charge in [0.2, 0.25) is 10.0 Å². The van der Waals surface area contributed by atoms with E-state index < -0.39 is 38.7 Å². The molecule has 1 rings (SSSR count). The highest BCUT2D eigenvalue weighted by atomic mass is 32.2. The number of carbonyl (C=O) groups is 1. The van der Waals surface area contributed by atoms with Crippen LogP contribution in [0.2, 0.25) is 0 Å². The van der Waals surface area contributed by atoms with Crippen LogP contribution in [0.5, 0.6) is 0 Å². The van der Waals surface area contributed by atoms with E-state index in [2.05, 4.69) is 0 Å². The van der Waals surface area contributed by atoms with Gasteiger partial charge in [0.15, 0.2) is 0 Å². The predicted octanol–water partition coefficient (Wildman–Crippen LogP) is 1.85. The summed E-state index contributed by atoms with van der Waals surface area (Å²) >= 11 is 0. The summed E-state index contributed by atoms with van der Waals surface area (Å²) in [4.78, 5) is 10.3. The van der Waals surface area contributed by atoms with Crippen molar-refractivity contribution in [3.8, 4) is 0 Å². The van der Waals surface area contributed by atoms with Gasteiger partial charge in [-0.05, 0) is 30.7 Å². The van der Waals surface area contributed by atoms with E-state index >= 15 is 0 Å². The van der Waals surface area contributed by atoms with Crippen molar-refractivity contribution < 1.29 is 31.5 Å². The molecule has 0 saturated heterocycles. The first-order chi connectivity index (χ1) is 9.08. The maximum absolute atomic E-state index is 12.3. The molecule has 2 N–H and O–H groups in total. The molecule has 0 aliphatic carbocycles. The fraction of sp³-hybridized carbons (Fsp3) is 0.364. The Kier molecular flexibility index (Phi) is 4.77. The van der Waals surface area contributed by atoms with Crippen molar-refractivity contribution in [2.24, 2.45) is 0 Å². The molecule has 112 valence electrons. The van der Waals surface area contributed by atoms with E-state index in [0.717, 1.165) is 12.1 Å². The van der Waals surface area contributed by atoms with E-state index in [0.29, 0.717) is 12.1 Å². The van der Waals surface area contributed by atoms with Gasteiger partial charge in [-0.25, -0.2) is 8.42 Å².